The van der Waals surface area contributed by atoms with Crippen LogP contribution in [0.5, 0.6) is 0 Å². The summed E-state index contributed by atoms with van der Waals surface area (Å²) >= 11 is 0. The standard InChI is InChI=1S/C34H39F19/c1-2-3-4-5-20-6-8-21(9-7-20)10-11-22-12-14-23(15-13-22)24-16-18-25(19-17-24)26(35,36)27(37,38)28(39,40)29(41,42)30(43,44)31(45,46)32(47,48)33(49,50)34(51,52)53/h16-23H,2-15H2,1H3. The maximum Gasteiger partial charge on any atom is 0.460 e. The molecule has 2 aliphatic carbocycles. The lowest BCUT2D eigenvalue weighted by Crippen LogP contribution is -2.75. The molecule has 0 N–H and O–H groups in total. The molecule has 1 aromatic carbocycles. The summed E-state index contributed by atoms with van der Waals surface area (Å²) in [7, 11) is 0. The fraction of sp³-hybridized carbons (Fsp3) is 0.824. The van der Waals surface area contributed by atoms with Crippen molar-refractivity contribution >= 4 is 0 Å². The summed E-state index contributed by atoms with van der Waals surface area (Å²) in [5, 5.41) is 0. The fourth-order valence-electron chi connectivity index (χ4n) is 7.25. The first-order valence-corrected chi connectivity index (χ1v) is 17.1. The Hall–Kier alpha value is -2.11. The Morgan fingerprint density at radius 1 is 0.415 bits per heavy atom. The number of rotatable bonds is 16. The van der Waals surface area contributed by atoms with Crippen LogP contribution in [-0.2, 0) is 5.92 Å². The van der Waals surface area contributed by atoms with Crippen molar-refractivity contribution in [3.05, 3.63) is 35.4 Å². The van der Waals surface area contributed by atoms with Crippen molar-refractivity contribution in [2.24, 2.45) is 17.8 Å². The smallest absolute Gasteiger partial charge is 0.194 e. The van der Waals surface area contributed by atoms with Gasteiger partial charge in [0.15, 0.2) is 0 Å². The highest BCUT2D eigenvalue weighted by Crippen LogP contribution is 2.66. The minimum Gasteiger partial charge on any atom is -0.194 e. The molecule has 2 saturated carbocycles. The molecule has 2 fully saturated rings. The Balaban J connectivity index is 1.70. The molecular weight excluding hydrogens is 769 g/mol. The predicted octanol–water partition coefficient (Wildman–Crippen LogP) is 14.2. The van der Waals surface area contributed by atoms with Crippen molar-refractivity contribution in [1.82, 2.24) is 0 Å². The highest BCUT2D eigenvalue weighted by atomic mass is 19.4. The van der Waals surface area contributed by atoms with Gasteiger partial charge in [-0.1, -0.05) is 95.4 Å². The summed E-state index contributed by atoms with van der Waals surface area (Å²) in [4.78, 5) is 0. The Morgan fingerprint density at radius 3 is 1.13 bits per heavy atom. The molecule has 3 rings (SSSR count). The van der Waals surface area contributed by atoms with Crippen molar-refractivity contribution in [2.45, 2.75) is 156 Å². The molecule has 0 saturated heterocycles. The zero-order valence-corrected chi connectivity index (χ0v) is 28.2. The normalized spacial score (nSPS) is 23.7. The van der Waals surface area contributed by atoms with Crippen molar-refractivity contribution in [2.75, 3.05) is 0 Å². The molecule has 0 radical (unpaired) electrons. The monoisotopic (exact) mass is 808 g/mol. The Labute approximate surface area is 293 Å². The molecule has 1 aromatic rings. The molecule has 308 valence electrons. The summed E-state index contributed by atoms with van der Waals surface area (Å²) in [6.07, 6.45) is 5.98. The summed E-state index contributed by atoms with van der Waals surface area (Å²) in [5.74, 6) is -65.3. The summed E-state index contributed by atoms with van der Waals surface area (Å²) < 4.78 is 261. The third-order valence-electron chi connectivity index (χ3n) is 10.9. The van der Waals surface area contributed by atoms with Crippen molar-refractivity contribution < 1.29 is 83.4 Å². The first-order valence-electron chi connectivity index (χ1n) is 17.1. The lowest BCUT2D eigenvalue weighted by Gasteiger charge is -2.43. The number of benzene rings is 1. The van der Waals surface area contributed by atoms with Crippen molar-refractivity contribution in [3.63, 3.8) is 0 Å². The van der Waals surface area contributed by atoms with Gasteiger partial charge in [-0.15, -0.1) is 0 Å². The van der Waals surface area contributed by atoms with Gasteiger partial charge in [-0.3, -0.25) is 0 Å². The van der Waals surface area contributed by atoms with Crippen molar-refractivity contribution in [1.29, 1.82) is 0 Å². The minimum atomic E-state index is -8.92. The molecule has 2 aliphatic rings. The van der Waals surface area contributed by atoms with E-state index in [0.29, 0.717) is 37.5 Å². The van der Waals surface area contributed by atoms with Crippen LogP contribution in [0.2, 0.25) is 0 Å². The number of alkyl halides is 19. The zero-order chi connectivity index (χ0) is 40.7. The van der Waals surface area contributed by atoms with E-state index in [-0.39, 0.29) is 23.6 Å². The molecule has 0 nitrogen and oxygen atoms in total. The maximum absolute atomic E-state index is 14.8. The first kappa shape index (κ1) is 45.3. The van der Waals surface area contributed by atoms with Gasteiger partial charge in [0, 0.05) is 5.56 Å². The third kappa shape index (κ3) is 7.96. The van der Waals surface area contributed by atoms with Gasteiger partial charge in [0.1, 0.15) is 0 Å². The maximum atomic E-state index is 14.8. The van der Waals surface area contributed by atoms with E-state index in [1.54, 1.807) is 0 Å². The Morgan fingerprint density at radius 2 is 0.755 bits per heavy atom. The van der Waals surface area contributed by atoms with Crippen LogP contribution in [0.3, 0.4) is 0 Å². The van der Waals surface area contributed by atoms with E-state index in [1.807, 2.05) is 0 Å². The van der Waals surface area contributed by atoms with Crippen LogP contribution in [0, 0.1) is 17.8 Å². The number of halogens is 19. The van der Waals surface area contributed by atoms with E-state index >= 15 is 0 Å². The van der Waals surface area contributed by atoms with Crippen LogP contribution in [0.4, 0.5) is 83.4 Å². The van der Waals surface area contributed by atoms with Gasteiger partial charge in [-0.05, 0) is 54.9 Å². The average Bonchev–Trinajstić information content (AvgIpc) is 3.07. The lowest BCUT2D eigenvalue weighted by molar-refractivity contribution is -0.469. The lowest BCUT2D eigenvalue weighted by atomic mass is 9.74. The SMILES string of the molecule is CCCCCC1CCC(CCC2CCC(c3ccc(C(F)(F)C(F)(F)C(F)(F)C(F)(F)C(F)(F)C(F)(F)C(F)(F)C(F)(F)C(F)(F)F)cc3)CC2)CC1. The summed E-state index contributed by atoms with van der Waals surface area (Å²) in [6.45, 7) is 2.15. The van der Waals surface area contributed by atoms with Gasteiger partial charge in [0.05, 0.1) is 0 Å². The molecule has 0 amide bonds. The second-order valence-corrected chi connectivity index (χ2v) is 14.4. The van der Waals surface area contributed by atoms with Gasteiger partial charge in [0.2, 0.25) is 0 Å². The van der Waals surface area contributed by atoms with Gasteiger partial charge in [-0.25, -0.2) is 0 Å². The number of hydrogen-bond donors (Lipinski definition) is 0. The molecule has 0 aliphatic heterocycles. The van der Waals surface area contributed by atoms with Crippen LogP contribution < -0.4 is 0 Å². The highest BCUT2D eigenvalue weighted by Gasteiger charge is 2.96. The molecule has 53 heavy (non-hydrogen) atoms. The first-order chi connectivity index (χ1) is 24.0. The van der Waals surface area contributed by atoms with Crippen LogP contribution in [0.15, 0.2) is 24.3 Å². The molecule has 19 heteroatoms. The van der Waals surface area contributed by atoms with Crippen LogP contribution in [-0.4, -0.2) is 47.6 Å². The summed E-state index contributed by atoms with van der Waals surface area (Å²) in [6, 6.07) is 1.52. The van der Waals surface area contributed by atoms with Gasteiger partial charge in [-0.2, -0.15) is 83.4 Å². The highest BCUT2D eigenvalue weighted by molar-refractivity contribution is 5.31. The van der Waals surface area contributed by atoms with E-state index < -0.39 is 59.1 Å². The Kier molecular flexibility index (Phi) is 13.2. The summed E-state index contributed by atoms with van der Waals surface area (Å²) in [5.41, 5.74) is -2.04. The second-order valence-electron chi connectivity index (χ2n) is 14.4. The average molecular weight is 809 g/mol. The van der Waals surface area contributed by atoms with Crippen molar-refractivity contribution in [3.8, 4) is 0 Å². The van der Waals surface area contributed by atoms with Gasteiger partial charge in [0.25, 0.3) is 0 Å². The van der Waals surface area contributed by atoms with Gasteiger partial charge < -0.3 is 0 Å². The zero-order valence-electron chi connectivity index (χ0n) is 28.2. The van der Waals surface area contributed by atoms with E-state index in [0.717, 1.165) is 50.2 Å². The second kappa shape index (κ2) is 15.4. The Bertz CT molecular complexity index is 1320. The molecule has 0 unspecified atom stereocenters. The minimum absolute atomic E-state index is 0.0347. The third-order valence-corrected chi connectivity index (χ3v) is 10.9. The molecular formula is C34H39F19. The van der Waals surface area contributed by atoms with E-state index in [9.17, 15) is 83.4 Å². The van der Waals surface area contributed by atoms with Crippen LogP contribution >= 0.6 is 0 Å². The molecule has 0 spiro atoms. The number of unbranched alkanes of at least 4 members (excludes halogenated alkanes) is 2. The topological polar surface area (TPSA) is 0 Å². The van der Waals surface area contributed by atoms with Crippen LogP contribution in [0.1, 0.15) is 114 Å². The fourth-order valence-corrected chi connectivity index (χ4v) is 7.25. The quantitative estimate of drug-likeness (QED) is 0.115. The van der Waals surface area contributed by atoms with Crippen LogP contribution in [0.25, 0.3) is 0 Å². The molecule has 0 atom stereocenters. The van der Waals surface area contributed by atoms with E-state index in [4.69, 9.17) is 0 Å². The van der Waals surface area contributed by atoms with Gasteiger partial charge >= 0.3 is 53.6 Å². The van der Waals surface area contributed by atoms with E-state index in [1.165, 1.54) is 32.1 Å². The predicted molar refractivity (Wildman–Crippen MR) is 155 cm³/mol. The molecule has 0 bridgehead atoms. The largest absolute Gasteiger partial charge is 0.460 e. The number of hydrogen-bond acceptors (Lipinski definition) is 0. The van der Waals surface area contributed by atoms with E-state index in [2.05, 4.69) is 6.92 Å². The molecule has 0 heterocycles. The molecule has 0 aromatic heterocycles.